The minimum atomic E-state index is -1.24. The van der Waals surface area contributed by atoms with Gasteiger partial charge in [-0.3, -0.25) is 19.3 Å². The molecule has 1 aromatic carbocycles. The van der Waals surface area contributed by atoms with Crippen LogP contribution in [-0.2, 0) is 35.0 Å². The predicted molar refractivity (Wildman–Crippen MR) is 117 cm³/mol. The number of Topliss-reactive ketones (excluding diaryl/α,β-unsaturated/α-hetero) is 1. The van der Waals surface area contributed by atoms with Crippen molar-refractivity contribution in [1.82, 2.24) is 4.90 Å². The summed E-state index contributed by atoms with van der Waals surface area (Å²) in [5, 5.41) is 10.4. The summed E-state index contributed by atoms with van der Waals surface area (Å²) in [5.74, 6) is -0.433. The third-order valence-electron chi connectivity index (χ3n) is 5.00. The molecule has 1 heterocycles. The lowest BCUT2D eigenvalue weighted by Crippen LogP contribution is -2.42. The molecule has 1 aromatic rings. The van der Waals surface area contributed by atoms with Gasteiger partial charge in [0.1, 0.15) is 11.5 Å². The van der Waals surface area contributed by atoms with Crippen LogP contribution in [0.2, 0.25) is 0 Å². The average Bonchev–Trinajstić information content (AvgIpc) is 2.75. The van der Waals surface area contributed by atoms with Gasteiger partial charge in [0, 0.05) is 11.8 Å². The van der Waals surface area contributed by atoms with E-state index in [1.54, 1.807) is 28.0 Å². The van der Waals surface area contributed by atoms with Gasteiger partial charge in [-0.15, -0.1) is 0 Å². The standard InChI is InChI=1S/C22H30BNO8/c1-15(13-30-14-17-5-7-18(29-4)8-6-17)22(28)16(2)19(25)9-10-23-31-20(26)11-24(3)12-21(27)32-23/h5-10,15-16,19,25H,11-14H2,1-4H3/b10-9+/t15-,16+,19-/m0/s1. The highest BCUT2D eigenvalue weighted by Crippen LogP contribution is 2.16. The van der Waals surface area contributed by atoms with E-state index in [0.29, 0.717) is 6.61 Å². The monoisotopic (exact) mass is 447 g/mol. The second kappa shape index (κ2) is 12.4. The maximum absolute atomic E-state index is 12.6. The first-order valence-corrected chi connectivity index (χ1v) is 10.4. The summed E-state index contributed by atoms with van der Waals surface area (Å²) in [4.78, 5) is 37.6. The van der Waals surface area contributed by atoms with Gasteiger partial charge in [-0.2, -0.15) is 0 Å². The molecule has 0 unspecified atom stereocenters. The highest BCUT2D eigenvalue weighted by atomic mass is 16.6. The summed E-state index contributed by atoms with van der Waals surface area (Å²) in [6, 6.07) is 7.44. The Morgan fingerprint density at radius 1 is 1.19 bits per heavy atom. The molecule has 0 amide bonds. The number of carbonyl (C=O) groups is 3. The van der Waals surface area contributed by atoms with Crippen molar-refractivity contribution < 1.29 is 38.3 Å². The van der Waals surface area contributed by atoms with Crippen LogP contribution in [0.4, 0.5) is 0 Å². The van der Waals surface area contributed by atoms with Gasteiger partial charge in [-0.05, 0) is 30.7 Å². The predicted octanol–water partition coefficient (Wildman–Crippen LogP) is 1.03. The minimum absolute atomic E-state index is 0.0507. The minimum Gasteiger partial charge on any atom is -0.497 e. The zero-order chi connectivity index (χ0) is 23.7. The molecule has 0 radical (unpaired) electrons. The number of aliphatic hydroxyl groups is 1. The molecule has 1 saturated heterocycles. The number of ketones is 1. The Morgan fingerprint density at radius 3 is 2.34 bits per heavy atom. The van der Waals surface area contributed by atoms with E-state index in [4.69, 9.17) is 18.8 Å². The van der Waals surface area contributed by atoms with Crippen LogP contribution in [0.15, 0.2) is 36.3 Å². The Morgan fingerprint density at radius 2 is 1.78 bits per heavy atom. The summed E-state index contributed by atoms with van der Waals surface area (Å²) in [6.07, 6.45) is 0.154. The topological polar surface area (TPSA) is 112 Å². The molecule has 174 valence electrons. The maximum Gasteiger partial charge on any atom is 0.628 e. The molecule has 1 aliphatic rings. The molecule has 1 aliphatic heterocycles. The van der Waals surface area contributed by atoms with E-state index in [-0.39, 0.29) is 25.5 Å². The third-order valence-corrected chi connectivity index (χ3v) is 5.00. The van der Waals surface area contributed by atoms with Gasteiger partial charge in [0.05, 0.1) is 39.5 Å². The molecule has 1 fully saturated rings. The molecule has 0 spiro atoms. The number of hydrogen-bond donors (Lipinski definition) is 1. The van der Waals surface area contributed by atoms with E-state index in [0.717, 1.165) is 11.3 Å². The van der Waals surface area contributed by atoms with E-state index in [2.05, 4.69) is 0 Å². The Bertz CT molecular complexity index is 793. The number of ether oxygens (including phenoxy) is 2. The van der Waals surface area contributed by atoms with Crippen LogP contribution in [0.25, 0.3) is 0 Å². The van der Waals surface area contributed by atoms with Crippen LogP contribution in [0.5, 0.6) is 5.75 Å². The van der Waals surface area contributed by atoms with Crippen LogP contribution in [0.1, 0.15) is 19.4 Å². The molecule has 3 atom stereocenters. The van der Waals surface area contributed by atoms with Gasteiger partial charge in [-0.1, -0.05) is 32.1 Å². The number of nitrogens with zero attached hydrogens (tertiary/aromatic N) is 1. The molecule has 32 heavy (non-hydrogen) atoms. The smallest absolute Gasteiger partial charge is 0.497 e. The maximum atomic E-state index is 12.6. The average molecular weight is 447 g/mol. The van der Waals surface area contributed by atoms with Crippen molar-refractivity contribution in [3.63, 3.8) is 0 Å². The molecule has 0 saturated carbocycles. The van der Waals surface area contributed by atoms with Gasteiger partial charge < -0.3 is 23.9 Å². The lowest BCUT2D eigenvalue weighted by molar-refractivity contribution is -0.145. The van der Waals surface area contributed by atoms with Gasteiger partial charge >= 0.3 is 19.1 Å². The van der Waals surface area contributed by atoms with Crippen molar-refractivity contribution in [2.24, 2.45) is 11.8 Å². The van der Waals surface area contributed by atoms with Crippen molar-refractivity contribution in [1.29, 1.82) is 0 Å². The van der Waals surface area contributed by atoms with E-state index in [1.165, 1.54) is 17.0 Å². The Hall–Kier alpha value is -2.69. The van der Waals surface area contributed by atoms with Crippen LogP contribution in [0.3, 0.4) is 0 Å². The van der Waals surface area contributed by atoms with E-state index in [1.807, 2.05) is 24.3 Å². The summed E-state index contributed by atoms with van der Waals surface area (Å²) < 4.78 is 20.8. The molecule has 2 rings (SSSR count). The fraction of sp³-hybridized carbons (Fsp3) is 0.500. The Kier molecular flexibility index (Phi) is 9.89. The lowest BCUT2D eigenvalue weighted by atomic mass is 9.85. The number of carbonyl (C=O) groups excluding carboxylic acids is 3. The zero-order valence-electron chi connectivity index (χ0n) is 18.9. The molecule has 0 aliphatic carbocycles. The van der Waals surface area contributed by atoms with Gasteiger partial charge in [0.15, 0.2) is 0 Å². The van der Waals surface area contributed by atoms with Crippen LogP contribution >= 0.6 is 0 Å². The first kappa shape index (κ1) is 25.6. The first-order chi connectivity index (χ1) is 15.2. The third kappa shape index (κ3) is 8.10. The SMILES string of the molecule is COc1ccc(COC[C@H](C)C(=O)[C@H](C)[C@@H](O)/C=C/B2OC(=O)CN(C)CC(=O)O2)cc1. The molecule has 0 aromatic heterocycles. The van der Waals surface area contributed by atoms with Gasteiger partial charge in [0.25, 0.3) is 0 Å². The number of benzene rings is 1. The first-order valence-electron chi connectivity index (χ1n) is 10.4. The van der Waals surface area contributed by atoms with E-state index in [9.17, 15) is 19.5 Å². The quantitative estimate of drug-likeness (QED) is 0.526. The number of methoxy groups -OCH3 is 1. The fourth-order valence-electron chi connectivity index (χ4n) is 3.08. The van der Waals surface area contributed by atoms with Crippen molar-refractivity contribution in [3.05, 3.63) is 41.9 Å². The highest BCUT2D eigenvalue weighted by molar-refractivity contribution is 6.54. The Balaban J connectivity index is 1.82. The van der Waals surface area contributed by atoms with E-state index < -0.39 is 37.0 Å². The highest BCUT2D eigenvalue weighted by Gasteiger charge is 2.31. The van der Waals surface area contributed by atoms with E-state index >= 15 is 0 Å². The van der Waals surface area contributed by atoms with Crippen LogP contribution in [0, 0.1) is 11.8 Å². The van der Waals surface area contributed by atoms with Crippen molar-refractivity contribution in [2.75, 3.05) is 33.9 Å². The van der Waals surface area contributed by atoms with Crippen molar-refractivity contribution in [3.8, 4) is 5.75 Å². The van der Waals surface area contributed by atoms with Crippen LogP contribution < -0.4 is 4.74 Å². The number of aliphatic hydroxyl groups excluding tert-OH is 1. The van der Waals surface area contributed by atoms with Gasteiger partial charge in [0.2, 0.25) is 0 Å². The van der Waals surface area contributed by atoms with Crippen molar-refractivity contribution >= 4 is 24.8 Å². The molecule has 10 heteroatoms. The van der Waals surface area contributed by atoms with Crippen LogP contribution in [-0.4, -0.2) is 74.8 Å². The van der Waals surface area contributed by atoms with Crippen molar-refractivity contribution in [2.45, 2.75) is 26.6 Å². The second-order valence-electron chi connectivity index (χ2n) is 7.85. The summed E-state index contributed by atoms with van der Waals surface area (Å²) >= 11 is 0. The molecular formula is C22H30BNO8. The van der Waals surface area contributed by atoms with Gasteiger partial charge in [-0.25, -0.2) is 0 Å². The largest absolute Gasteiger partial charge is 0.628 e. The number of likely N-dealkylation sites (N-methyl/N-ethyl adjacent to an activating group) is 1. The summed E-state index contributed by atoms with van der Waals surface area (Å²) in [5.41, 5.74) is 0.955. The fourth-order valence-corrected chi connectivity index (χ4v) is 3.08. The lowest BCUT2D eigenvalue weighted by Gasteiger charge is -2.22. The second-order valence-corrected chi connectivity index (χ2v) is 7.85. The zero-order valence-corrected chi connectivity index (χ0v) is 18.9. The molecule has 9 nitrogen and oxygen atoms in total. The summed E-state index contributed by atoms with van der Waals surface area (Å²) in [6.45, 7) is 3.79. The normalized spacial score (nSPS) is 18.3. The molecular weight excluding hydrogens is 417 g/mol. The Labute approximate surface area is 188 Å². The number of hydrogen-bond acceptors (Lipinski definition) is 9. The molecule has 1 N–H and O–H groups in total. The number of rotatable bonds is 10. The molecule has 0 bridgehead atoms. The summed E-state index contributed by atoms with van der Waals surface area (Å²) in [7, 11) is 1.95.